The summed E-state index contributed by atoms with van der Waals surface area (Å²) in [7, 11) is -13.9. The van der Waals surface area contributed by atoms with Gasteiger partial charge in [-0.05, 0) is 43.9 Å². The summed E-state index contributed by atoms with van der Waals surface area (Å²) in [5.41, 5.74) is 3.44. The van der Waals surface area contributed by atoms with Crippen LogP contribution in [0.1, 0.15) is 105 Å². The summed E-state index contributed by atoms with van der Waals surface area (Å²) in [6.07, 6.45) is 0.124. The maximum Gasteiger partial charge on any atom is 0.331 e. The molecule has 8 nitrogen and oxygen atoms in total. The zero-order valence-electron chi connectivity index (χ0n) is 38.4. The topological polar surface area (TPSA) is 105 Å². The Morgan fingerprint density at radius 2 is 0.607 bits per heavy atom. The smallest absolute Gasteiger partial charge is 0.314 e. The van der Waals surface area contributed by atoms with Crippen molar-refractivity contribution in [2.45, 2.75) is 105 Å². The average Bonchev–Trinajstić information content (AvgIpc) is 3.20. The average molecular weight is 909 g/mol. The van der Waals surface area contributed by atoms with E-state index >= 15 is 9.13 Å². The van der Waals surface area contributed by atoms with Gasteiger partial charge in [0.2, 0.25) is 0 Å². The molecule has 2 fully saturated rings. The third kappa shape index (κ3) is 11.0. The van der Waals surface area contributed by atoms with Crippen molar-refractivity contribution in [2.75, 3.05) is 51.1 Å². The second kappa shape index (κ2) is 17.2. The molecule has 2 aliphatic rings. The van der Waals surface area contributed by atoms with Crippen LogP contribution in [0.15, 0.2) is 97.1 Å². The summed E-state index contributed by atoms with van der Waals surface area (Å²) in [5, 5.41) is 2.79. The molecule has 0 saturated carbocycles. The van der Waals surface area contributed by atoms with Crippen molar-refractivity contribution >= 4 is 50.7 Å². The molecular formula is C49H68O8P4. The summed E-state index contributed by atoms with van der Waals surface area (Å²) < 4.78 is 82.9. The normalized spacial score (nSPS) is 23.3. The highest BCUT2D eigenvalue weighted by Gasteiger charge is 2.49. The van der Waals surface area contributed by atoms with Gasteiger partial charge in [-0.2, -0.15) is 0 Å². The molecule has 61 heavy (non-hydrogen) atoms. The third-order valence-corrected chi connectivity index (χ3v) is 22.8. The lowest BCUT2D eigenvalue weighted by atomic mass is 9.87. The van der Waals surface area contributed by atoms with E-state index < -0.39 is 34.9 Å². The van der Waals surface area contributed by atoms with E-state index in [0.29, 0.717) is 21.2 Å². The first-order valence-corrected chi connectivity index (χ1v) is 28.7. The molecule has 0 aromatic heterocycles. The lowest BCUT2D eigenvalue weighted by molar-refractivity contribution is -0.0680. The highest BCUT2D eigenvalue weighted by molar-refractivity contribution is 7.79. The second-order valence-electron chi connectivity index (χ2n) is 21.4. The summed E-state index contributed by atoms with van der Waals surface area (Å²) in [6.45, 7) is 25.7. The van der Waals surface area contributed by atoms with Crippen LogP contribution in [-0.2, 0) is 58.0 Å². The van der Waals surface area contributed by atoms with Crippen LogP contribution < -0.4 is 21.2 Å². The van der Waals surface area contributed by atoms with Gasteiger partial charge in [-0.25, -0.2) is 0 Å². The Morgan fingerprint density at radius 1 is 0.410 bits per heavy atom. The fraction of sp³-hybridized carbons (Fsp3) is 0.510. The summed E-state index contributed by atoms with van der Waals surface area (Å²) in [6, 6.07) is 31.7. The van der Waals surface area contributed by atoms with E-state index in [1.165, 1.54) is 0 Å². The van der Waals surface area contributed by atoms with Crippen LogP contribution >= 0.6 is 29.5 Å². The van der Waals surface area contributed by atoms with Gasteiger partial charge >= 0.3 is 15.2 Å². The van der Waals surface area contributed by atoms with Gasteiger partial charge in [-0.1, -0.05) is 180 Å². The quantitative estimate of drug-likeness (QED) is 0.145. The van der Waals surface area contributed by atoms with Crippen molar-refractivity contribution in [1.82, 2.24) is 0 Å². The summed E-state index contributed by atoms with van der Waals surface area (Å²) >= 11 is 0. The molecule has 4 aromatic carbocycles. The van der Waals surface area contributed by atoms with E-state index in [1.807, 2.05) is 97.1 Å². The van der Waals surface area contributed by atoms with Gasteiger partial charge in [-0.3, -0.25) is 9.13 Å². The molecule has 2 aliphatic heterocycles. The standard InChI is InChI=1S/C49H68O8P4/c1-45(2,3)37-13-21-41(22-14-37)58(50,42-23-15-38(16-24-42)46(4,5)6)29-31-60(52)54-33-49(34-55-60)35-56-61(53,57-36-49)32-30-59(51,43-25-17-39(18-26-43)47(7,8)9)44-27-19-40(20-28-44)48(10,11)12/h13-28H,29-36H2,1-12H3. The van der Waals surface area contributed by atoms with Crippen LogP contribution in [0.3, 0.4) is 0 Å². The van der Waals surface area contributed by atoms with Gasteiger partial charge in [0.1, 0.15) is 14.3 Å². The fourth-order valence-electron chi connectivity index (χ4n) is 7.67. The van der Waals surface area contributed by atoms with Gasteiger partial charge in [0, 0.05) is 33.5 Å². The molecule has 0 bridgehead atoms. The van der Waals surface area contributed by atoms with E-state index in [-0.39, 0.29) is 72.7 Å². The molecule has 0 N–H and O–H groups in total. The van der Waals surface area contributed by atoms with Gasteiger partial charge in [0.05, 0.1) is 44.2 Å². The van der Waals surface area contributed by atoms with E-state index in [1.54, 1.807) is 0 Å². The largest absolute Gasteiger partial charge is 0.331 e. The fourth-order valence-corrected chi connectivity index (χ4v) is 18.6. The SMILES string of the molecule is CC(C)(C)c1ccc(P(=O)(CCP2(=O)OCC3(CO2)COP(=O)(CCP(=O)(c2ccc(C(C)(C)C)cc2)c2ccc(C(C)(C)C)cc2)OC3)c2ccc(C(C)(C)C)cc2)cc1. The second-order valence-corrected chi connectivity index (χ2v) is 31.7. The molecule has 0 unspecified atom stereocenters. The van der Waals surface area contributed by atoms with E-state index in [9.17, 15) is 9.13 Å². The van der Waals surface area contributed by atoms with Gasteiger partial charge in [0.25, 0.3) is 0 Å². The predicted octanol–water partition coefficient (Wildman–Crippen LogP) is 11.7. The molecule has 0 radical (unpaired) electrons. The highest BCUT2D eigenvalue weighted by Crippen LogP contribution is 2.62. The maximum atomic E-state index is 15.2. The van der Waals surface area contributed by atoms with Crippen LogP contribution in [0.4, 0.5) is 0 Å². The van der Waals surface area contributed by atoms with E-state index in [0.717, 1.165) is 22.3 Å². The number of benzene rings is 4. The molecule has 6 rings (SSSR count). The Labute approximate surface area is 366 Å². The molecule has 2 saturated heterocycles. The van der Waals surface area contributed by atoms with Crippen LogP contribution in [0.5, 0.6) is 0 Å². The molecule has 4 aromatic rings. The van der Waals surface area contributed by atoms with Gasteiger partial charge < -0.3 is 27.2 Å². The van der Waals surface area contributed by atoms with E-state index in [2.05, 4.69) is 83.1 Å². The Hall–Kier alpha value is -2.36. The molecule has 0 aliphatic carbocycles. The minimum atomic E-state index is -3.67. The molecule has 0 atom stereocenters. The van der Waals surface area contributed by atoms with Crippen LogP contribution in [0.2, 0.25) is 0 Å². The third-order valence-electron chi connectivity index (χ3n) is 12.2. The monoisotopic (exact) mass is 908 g/mol. The van der Waals surface area contributed by atoms with Crippen molar-refractivity contribution in [2.24, 2.45) is 5.41 Å². The van der Waals surface area contributed by atoms with Crippen LogP contribution in [0, 0.1) is 5.41 Å². The predicted molar refractivity (Wildman–Crippen MR) is 255 cm³/mol. The van der Waals surface area contributed by atoms with Crippen molar-refractivity contribution in [3.05, 3.63) is 119 Å². The van der Waals surface area contributed by atoms with Crippen molar-refractivity contribution < 1.29 is 36.4 Å². The minimum Gasteiger partial charge on any atom is -0.314 e. The number of rotatable bonds is 10. The highest BCUT2D eigenvalue weighted by atomic mass is 31.2. The molecule has 1 spiro atoms. The van der Waals surface area contributed by atoms with Crippen molar-refractivity contribution in [1.29, 1.82) is 0 Å². The first kappa shape index (κ1) is 48.1. The molecular weight excluding hydrogens is 840 g/mol. The molecule has 2 heterocycles. The first-order valence-electron chi connectivity index (χ1n) is 21.5. The number of hydrogen-bond acceptors (Lipinski definition) is 8. The summed E-state index contributed by atoms with van der Waals surface area (Å²) in [5.74, 6) is 0. The summed E-state index contributed by atoms with van der Waals surface area (Å²) in [4.78, 5) is 0. The lowest BCUT2D eigenvalue weighted by Gasteiger charge is -2.43. The Kier molecular flexibility index (Phi) is 13.6. The Bertz CT molecular complexity index is 2040. The molecule has 12 heteroatoms. The Balaban J connectivity index is 1.14. The van der Waals surface area contributed by atoms with Crippen LogP contribution in [0.25, 0.3) is 0 Å². The molecule has 0 amide bonds. The maximum absolute atomic E-state index is 15.2. The zero-order valence-corrected chi connectivity index (χ0v) is 42.0. The van der Waals surface area contributed by atoms with E-state index in [4.69, 9.17) is 18.1 Å². The molecule has 332 valence electrons. The van der Waals surface area contributed by atoms with Gasteiger partial charge in [0.15, 0.2) is 0 Å². The zero-order chi connectivity index (χ0) is 44.9. The van der Waals surface area contributed by atoms with Crippen molar-refractivity contribution in [3.63, 3.8) is 0 Å². The first-order chi connectivity index (χ1) is 28.1. The number of hydrogen-bond donors (Lipinski definition) is 0. The lowest BCUT2D eigenvalue weighted by Crippen LogP contribution is -2.46. The van der Waals surface area contributed by atoms with Gasteiger partial charge in [-0.15, -0.1) is 0 Å². The van der Waals surface area contributed by atoms with Crippen molar-refractivity contribution in [3.8, 4) is 0 Å². The minimum absolute atomic E-state index is 0.00782. The van der Waals surface area contributed by atoms with Crippen LogP contribution in [-0.4, -0.2) is 51.1 Å². The Morgan fingerprint density at radius 3 is 0.787 bits per heavy atom.